The Morgan fingerprint density at radius 2 is 1.97 bits per heavy atom. The van der Waals surface area contributed by atoms with E-state index in [2.05, 4.69) is 16.0 Å². The van der Waals surface area contributed by atoms with E-state index in [-0.39, 0.29) is 18.0 Å². The Labute approximate surface area is 171 Å². The van der Waals surface area contributed by atoms with Gasteiger partial charge in [-0.2, -0.15) is 0 Å². The molecule has 2 rings (SSSR count). The highest BCUT2D eigenvalue weighted by Crippen LogP contribution is 2.28. The fourth-order valence-electron chi connectivity index (χ4n) is 2.95. The van der Waals surface area contributed by atoms with Crippen molar-refractivity contribution in [2.24, 2.45) is 0 Å². The Morgan fingerprint density at radius 3 is 2.55 bits per heavy atom. The van der Waals surface area contributed by atoms with Gasteiger partial charge in [0.1, 0.15) is 11.4 Å². The standard InChI is InChI=1S/C20H30N4O5/c1-13(12-24-10-6-7-17(24)25)21-18(26)22-14-8-9-15(16(11-14)28-5)23-19(27)29-20(2,3)4/h8-9,11,13H,6-7,10,12H2,1-5H3,(H,23,27)(H2,21,22,26)/t13-/m1/s1. The van der Waals surface area contributed by atoms with Crippen LogP contribution in [0, 0.1) is 0 Å². The zero-order valence-electron chi connectivity index (χ0n) is 17.6. The van der Waals surface area contributed by atoms with Crippen LogP contribution in [0.5, 0.6) is 5.75 Å². The molecule has 1 aliphatic heterocycles. The highest BCUT2D eigenvalue weighted by atomic mass is 16.6. The molecule has 0 aliphatic carbocycles. The molecular formula is C20H30N4O5. The van der Waals surface area contributed by atoms with Crippen molar-refractivity contribution in [2.45, 2.75) is 52.2 Å². The number of urea groups is 1. The smallest absolute Gasteiger partial charge is 0.412 e. The fourth-order valence-corrected chi connectivity index (χ4v) is 2.95. The molecule has 0 radical (unpaired) electrons. The second kappa shape index (κ2) is 9.49. The summed E-state index contributed by atoms with van der Waals surface area (Å²) in [5.41, 5.74) is 0.306. The largest absolute Gasteiger partial charge is 0.494 e. The summed E-state index contributed by atoms with van der Waals surface area (Å²) in [5.74, 6) is 0.501. The summed E-state index contributed by atoms with van der Waals surface area (Å²) < 4.78 is 10.5. The van der Waals surface area contributed by atoms with Gasteiger partial charge in [0.25, 0.3) is 0 Å². The molecular weight excluding hydrogens is 376 g/mol. The van der Waals surface area contributed by atoms with Crippen molar-refractivity contribution in [1.29, 1.82) is 0 Å². The monoisotopic (exact) mass is 406 g/mol. The van der Waals surface area contributed by atoms with Crippen molar-refractivity contribution in [3.63, 3.8) is 0 Å². The lowest BCUT2D eigenvalue weighted by molar-refractivity contribution is -0.127. The van der Waals surface area contributed by atoms with Gasteiger partial charge in [-0.15, -0.1) is 0 Å². The number of nitrogens with zero attached hydrogens (tertiary/aromatic N) is 1. The lowest BCUT2D eigenvalue weighted by atomic mass is 10.2. The molecule has 160 valence electrons. The van der Waals surface area contributed by atoms with E-state index in [9.17, 15) is 14.4 Å². The number of amides is 4. The summed E-state index contributed by atoms with van der Waals surface area (Å²) in [6.07, 6.45) is 0.836. The minimum absolute atomic E-state index is 0.122. The zero-order chi connectivity index (χ0) is 21.6. The molecule has 0 unspecified atom stereocenters. The molecule has 9 nitrogen and oxygen atoms in total. The van der Waals surface area contributed by atoms with Gasteiger partial charge >= 0.3 is 12.1 Å². The quantitative estimate of drug-likeness (QED) is 0.672. The molecule has 0 bridgehead atoms. The fraction of sp³-hybridized carbons (Fsp3) is 0.550. The van der Waals surface area contributed by atoms with Crippen molar-refractivity contribution in [3.05, 3.63) is 18.2 Å². The number of carbonyl (C=O) groups excluding carboxylic acids is 3. The number of hydrogen-bond acceptors (Lipinski definition) is 5. The van der Waals surface area contributed by atoms with E-state index in [1.165, 1.54) is 7.11 Å². The lowest BCUT2D eigenvalue weighted by Gasteiger charge is -2.22. The van der Waals surface area contributed by atoms with E-state index in [4.69, 9.17) is 9.47 Å². The van der Waals surface area contributed by atoms with E-state index in [0.717, 1.165) is 13.0 Å². The van der Waals surface area contributed by atoms with Crippen LogP contribution in [0.3, 0.4) is 0 Å². The van der Waals surface area contributed by atoms with Gasteiger partial charge in [0.05, 0.1) is 12.8 Å². The Bertz CT molecular complexity index is 760. The van der Waals surface area contributed by atoms with Crippen molar-refractivity contribution in [1.82, 2.24) is 10.2 Å². The molecule has 1 saturated heterocycles. The maximum absolute atomic E-state index is 12.2. The van der Waals surface area contributed by atoms with Crippen LogP contribution < -0.4 is 20.7 Å². The number of benzene rings is 1. The van der Waals surface area contributed by atoms with Gasteiger partial charge in [-0.1, -0.05) is 0 Å². The molecule has 1 aromatic carbocycles. The van der Waals surface area contributed by atoms with Crippen molar-refractivity contribution in [3.8, 4) is 5.75 Å². The molecule has 1 fully saturated rings. The number of rotatable bonds is 6. The van der Waals surface area contributed by atoms with Crippen LogP contribution >= 0.6 is 0 Å². The van der Waals surface area contributed by atoms with Gasteiger partial charge in [0, 0.05) is 37.3 Å². The van der Waals surface area contributed by atoms with E-state index in [0.29, 0.717) is 30.1 Å². The summed E-state index contributed by atoms with van der Waals surface area (Å²) >= 11 is 0. The van der Waals surface area contributed by atoms with Crippen LogP contribution in [0.1, 0.15) is 40.5 Å². The number of methoxy groups -OCH3 is 1. The minimum Gasteiger partial charge on any atom is -0.494 e. The minimum atomic E-state index is -0.618. The summed E-state index contributed by atoms with van der Waals surface area (Å²) in [6.45, 7) is 8.38. The molecule has 9 heteroatoms. The molecule has 1 atom stereocenters. The molecule has 0 aromatic heterocycles. The predicted molar refractivity (Wildman–Crippen MR) is 110 cm³/mol. The maximum Gasteiger partial charge on any atom is 0.412 e. The molecule has 0 saturated carbocycles. The normalized spacial score (nSPS) is 14.9. The van der Waals surface area contributed by atoms with Crippen LogP contribution in [0.4, 0.5) is 21.0 Å². The van der Waals surface area contributed by atoms with Gasteiger partial charge in [0.15, 0.2) is 0 Å². The predicted octanol–water partition coefficient (Wildman–Crippen LogP) is 3.17. The first-order valence-electron chi connectivity index (χ1n) is 9.60. The summed E-state index contributed by atoms with van der Waals surface area (Å²) in [6, 6.07) is 4.28. The molecule has 1 heterocycles. The second-order valence-corrected chi connectivity index (χ2v) is 7.98. The molecule has 1 aromatic rings. The summed E-state index contributed by atoms with van der Waals surface area (Å²) in [7, 11) is 1.47. The Balaban J connectivity index is 1.92. The van der Waals surface area contributed by atoms with Crippen LogP contribution in [-0.4, -0.2) is 54.8 Å². The lowest BCUT2D eigenvalue weighted by Crippen LogP contribution is -2.44. The maximum atomic E-state index is 12.2. The van der Waals surface area contributed by atoms with Crippen LogP contribution in [-0.2, 0) is 9.53 Å². The van der Waals surface area contributed by atoms with Crippen LogP contribution in [0.2, 0.25) is 0 Å². The summed E-state index contributed by atoms with van der Waals surface area (Å²) in [4.78, 5) is 37.6. The van der Waals surface area contributed by atoms with Gasteiger partial charge in [-0.25, -0.2) is 9.59 Å². The molecule has 1 aliphatic rings. The third kappa shape index (κ3) is 7.17. The van der Waals surface area contributed by atoms with Crippen molar-refractivity contribution >= 4 is 29.4 Å². The number of ether oxygens (including phenoxy) is 2. The van der Waals surface area contributed by atoms with E-state index in [1.54, 1.807) is 43.9 Å². The number of carbonyl (C=O) groups is 3. The third-order valence-electron chi connectivity index (χ3n) is 4.14. The van der Waals surface area contributed by atoms with Crippen molar-refractivity contribution < 1.29 is 23.9 Å². The summed E-state index contributed by atoms with van der Waals surface area (Å²) in [5, 5.41) is 8.16. The van der Waals surface area contributed by atoms with Crippen LogP contribution in [0.15, 0.2) is 18.2 Å². The second-order valence-electron chi connectivity index (χ2n) is 7.98. The van der Waals surface area contributed by atoms with Gasteiger partial charge in [-0.05, 0) is 46.2 Å². The topological polar surface area (TPSA) is 109 Å². The average Bonchev–Trinajstić information content (AvgIpc) is 2.99. The van der Waals surface area contributed by atoms with E-state index >= 15 is 0 Å². The molecule has 3 N–H and O–H groups in total. The number of anilines is 2. The zero-order valence-corrected chi connectivity index (χ0v) is 17.6. The van der Waals surface area contributed by atoms with Gasteiger partial charge in [0.2, 0.25) is 5.91 Å². The Kier molecular flexibility index (Phi) is 7.30. The molecule has 0 spiro atoms. The molecule has 29 heavy (non-hydrogen) atoms. The molecule has 4 amide bonds. The Morgan fingerprint density at radius 1 is 1.24 bits per heavy atom. The number of hydrogen-bond donors (Lipinski definition) is 3. The van der Waals surface area contributed by atoms with E-state index in [1.807, 2.05) is 6.92 Å². The Hall–Kier alpha value is -2.97. The third-order valence-corrected chi connectivity index (χ3v) is 4.14. The van der Waals surface area contributed by atoms with Gasteiger partial charge < -0.3 is 25.0 Å². The first kappa shape index (κ1) is 22.3. The first-order valence-corrected chi connectivity index (χ1v) is 9.60. The average molecular weight is 406 g/mol. The van der Waals surface area contributed by atoms with E-state index < -0.39 is 11.7 Å². The highest BCUT2D eigenvalue weighted by Gasteiger charge is 2.22. The van der Waals surface area contributed by atoms with Gasteiger partial charge in [-0.3, -0.25) is 10.1 Å². The van der Waals surface area contributed by atoms with Crippen LogP contribution in [0.25, 0.3) is 0 Å². The van der Waals surface area contributed by atoms with Crippen molar-refractivity contribution in [2.75, 3.05) is 30.8 Å². The number of nitrogens with one attached hydrogen (secondary N) is 3. The highest BCUT2D eigenvalue weighted by molar-refractivity contribution is 5.92. The first-order chi connectivity index (χ1) is 13.6. The SMILES string of the molecule is COc1cc(NC(=O)N[C@H](C)CN2CCCC2=O)ccc1NC(=O)OC(C)(C)C. The number of likely N-dealkylation sites (tertiary alicyclic amines) is 1.